The van der Waals surface area contributed by atoms with Gasteiger partial charge in [-0.2, -0.15) is 0 Å². The number of likely N-dealkylation sites (N-methyl/N-ethyl adjacent to an activating group) is 1. The zero-order valence-corrected chi connectivity index (χ0v) is 23.6. The SMILES string of the molecule is CNC[C@H](CC(C)C)NC(=O)N1CCC[C@@H]([C@@](O)(CCCCOC)c2ccccc2OC2CCCC2)C1. The molecule has 1 aromatic rings. The molecule has 0 aromatic heterocycles. The number of piperidine rings is 1. The standard InChI is InChI=1S/C30H51N3O4/c1-23(2)20-25(21-31-3)32-29(34)33-18-11-12-24(22-33)30(35,17-9-10-19-36-4)27-15-7-8-16-28(27)37-26-13-5-6-14-26/h7-8,15-16,23-26,31,35H,5-6,9-14,17-22H2,1-4H3,(H,32,34)/t24-,25+,30+/m1/s1. The van der Waals surface area contributed by atoms with Crippen LogP contribution in [-0.2, 0) is 10.3 Å². The van der Waals surface area contributed by atoms with Crippen molar-refractivity contribution in [3.8, 4) is 5.75 Å². The van der Waals surface area contributed by atoms with Gasteiger partial charge in [-0.25, -0.2) is 4.79 Å². The second-order valence-corrected chi connectivity index (χ2v) is 11.5. The lowest BCUT2D eigenvalue weighted by molar-refractivity contribution is -0.0585. The van der Waals surface area contributed by atoms with E-state index >= 15 is 0 Å². The highest BCUT2D eigenvalue weighted by Crippen LogP contribution is 2.44. The summed E-state index contributed by atoms with van der Waals surface area (Å²) in [6.45, 7) is 7.05. The molecule has 0 radical (unpaired) electrons. The van der Waals surface area contributed by atoms with Gasteiger partial charge in [0.1, 0.15) is 5.75 Å². The number of methoxy groups -OCH3 is 1. The van der Waals surface area contributed by atoms with Crippen molar-refractivity contribution in [1.29, 1.82) is 0 Å². The van der Waals surface area contributed by atoms with Crippen LogP contribution in [0.5, 0.6) is 5.75 Å². The van der Waals surface area contributed by atoms with Crippen molar-refractivity contribution < 1.29 is 19.4 Å². The minimum atomic E-state index is -1.07. The summed E-state index contributed by atoms with van der Waals surface area (Å²) in [4.78, 5) is 15.2. The molecule has 2 amide bonds. The van der Waals surface area contributed by atoms with Crippen LogP contribution in [0.25, 0.3) is 0 Å². The Hall–Kier alpha value is -1.83. The molecule has 3 atom stereocenters. The average Bonchev–Trinajstić information content (AvgIpc) is 3.40. The maximum absolute atomic E-state index is 13.3. The van der Waals surface area contributed by atoms with Gasteiger partial charge < -0.3 is 30.1 Å². The van der Waals surface area contributed by atoms with E-state index < -0.39 is 5.60 Å². The number of benzene rings is 1. The van der Waals surface area contributed by atoms with E-state index in [-0.39, 0.29) is 24.1 Å². The fourth-order valence-electron chi connectivity index (χ4n) is 6.14. The third-order valence-corrected chi connectivity index (χ3v) is 8.02. The summed E-state index contributed by atoms with van der Waals surface area (Å²) in [7, 11) is 3.64. The van der Waals surface area contributed by atoms with Gasteiger partial charge in [-0.15, -0.1) is 0 Å². The highest BCUT2D eigenvalue weighted by Gasteiger charge is 2.43. The topological polar surface area (TPSA) is 83.1 Å². The van der Waals surface area contributed by atoms with E-state index in [1.165, 1.54) is 12.8 Å². The van der Waals surface area contributed by atoms with E-state index in [4.69, 9.17) is 9.47 Å². The molecule has 1 saturated carbocycles. The van der Waals surface area contributed by atoms with Crippen molar-refractivity contribution in [3.05, 3.63) is 29.8 Å². The number of amides is 2. The third-order valence-electron chi connectivity index (χ3n) is 8.02. The molecule has 210 valence electrons. The molecule has 37 heavy (non-hydrogen) atoms. The number of nitrogens with one attached hydrogen (secondary N) is 2. The summed E-state index contributed by atoms with van der Waals surface area (Å²) >= 11 is 0. The van der Waals surface area contributed by atoms with Crippen LogP contribution in [0, 0.1) is 11.8 Å². The van der Waals surface area contributed by atoms with Gasteiger partial charge in [0.2, 0.25) is 0 Å². The summed E-state index contributed by atoms with van der Waals surface area (Å²) in [6.07, 6.45) is 9.82. The lowest BCUT2D eigenvalue weighted by atomic mass is 9.73. The van der Waals surface area contributed by atoms with Crippen LogP contribution in [-0.4, -0.2) is 68.6 Å². The number of para-hydroxylation sites is 1. The Bertz CT molecular complexity index is 814. The molecule has 3 rings (SSSR count). The Morgan fingerprint density at radius 1 is 1.16 bits per heavy atom. The molecule has 7 nitrogen and oxygen atoms in total. The highest BCUT2D eigenvalue weighted by molar-refractivity contribution is 5.74. The van der Waals surface area contributed by atoms with Crippen LogP contribution in [0.2, 0.25) is 0 Å². The zero-order valence-electron chi connectivity index (χ0n) is 23.6. The average molecular weight is 518 g/mol. The monoisotopic (exact) mass is 517 g/mol. The molecule has 1 aliphatic heterocycles. The van der Waals surface area contributed by atoms with E-state index in [0.29, 0.717) is 25.5 Å². The number of hydrogen-bond acceptors (Lipinski definition) is 5. The van der Waals surface area contributed by atoms with Crippen LogP contribution < -0.4 is 15.4 Å². The summed E-state index contributed by atoms with van der Waals surface area (Å²) < 4.78 is 11.8. The molecule has 2 fully saturated rings. The molecular formula is C30H51N3O4. The molecular weight excluding hydrogens is 466 g/mol. The van der Waals surface area contributed by atoms with E-state index in [2.05, 4.69) is 24.5 Å². The zero-order chi connectivity index (χ0) is 26.7. The molecule has 3 N–H and O–H groups in total. The summed E-state index contributed by atoms with van der Waals surface area (Å²) in [5.41, 5.74) is -0.191. The largest absolute Gasteiger partial charge is 0.490 e. The number of carbonyl (C=O) groups excluding carboxylic acids is 1. The number of likely N-dealkylation sites (tertiary alicyclic amines) is 1. The number of urea groups is 1. The van der Waals surface area contributed by atoms with Crippen LogP contribution >= 0.6 is 0 Å². The molecule has 0 spiro atoms. The van der Waals surface area contributed by atoms with Gasteiger partial charge in [-0.1, -0.05) is 32.0 Å². The second kappa shape index (κ2) is 14.9. The van der Waals surface area contributed by atoms with Gasteiger partial charge in [0.15, 0.2) is 0 Å². The van der Waals surface area contributed by atoms with Gasteiger partial charge >= 0.3 is 6.03 Å². The Morgan fingerprint density at radius 3 is 2.62 bits per heavy atom. The van der Waals surface area contributed by atoms with Crippen LogP contribution in [0.4, 0.5) is 4.79 Å². The molecule has 0 unspecified atom stereocenters. The number of aliphatic hydroxyl groups is 1. The van der Waals surface area contributed by atoms with Gasteiger partial charge in [-0.05, 0) is 83.2 Å². The number of carbonyl (C=O) groups is 1. The maximum atomic E-state index is 13.3. The number of hydrogen-bond donors (Lipinski definition) is 3. The second-order valence-electron chi connectivity index (χ2n) is 11.5. The van der Waals surface area contributed by atoms with Crippen molar-refractivity contribution in [2.45, 2.75) is 95.8 Å². The lowest BCUT2D eigenvalue weighted by Crippen LogP contribution is -2.54. The van der Waals surface area contributed by atoms with Gasteiger partial charge in [-0.3, -0.25) is 0 Å². The first-order chi connectivity index (χ1) is 17.9. The minimum absolute atomic E-state index is 0.0252. The fraction of sp³-hybridized carbons (Fsp3) is 0.767. The predicted molar refractivity (Wildman–Crippen MR) is 149 cm³/mol. The van der Waals surface area contributed by atoms with Crippen LogP contribution in [0.15, 0.2) is 24.3 Å². The molecule has 2 aliphatic rings. The van der Waals surface area contributed by atoms with Crippen LogP contribution in [0.3, 0.4) is 0 Å². The lowest BCUT2D eigenvalue weighted by Gasteiger charge is -2.43. The first kappa shape index (κ1) is 29.7. The molecule has 1 saturated heterocycles. The van der Waals surface area contributed by atoms with Crippen LogP contribution in [0.1, 0.15) is 83.6 Å². The number of unbranched alkanes of at least 4 members (excludes halogenated alkanes) is 1. The summed E-state index contributed by atoms with van der Waals surface area (Å²) in [6, 6.07) is 8.10. The molecule has 1 aliphatic carbocycles. The Balaban J connectivity index is 1.80. The first-order valence-corrected chi connectivity index (χ1v) is 14.5. The number of nitrogens with zero attached hydrogens (tertiary/aromatic N) is 1. The van der Waals surface area contributed by atoms with E-state index in [9.17, 15) is 9.90 Å². The summed E-state index contributed by atoms with van der Waals surface area (Å²) in [5, 5.41) is 18.9. The maximum Gasteiger partial charge on any atom is 0.317 e. The molecule has 1 aromatic carbocycles. The molecule has 7 heteroatoms. The Labute approximate surface area is 224 Å². The fourth-order valence-corrected chi connectivity index (χ4v) is 6.14. The predicted octanol–water partition coefficient (Wildman–Crippen LogP) is 5.07. The molecule has 0 bridgehead atoms. The van der Waals surface area contributed by atoms with E-state index in [1.54, 1.807) is 7.11 Å². The van der Waals surface area contributed by atoms with Gasteiger partial charge in [0, 0.05) is 50.9 Å². The van der Waals surface area contributed by atoms with Gasteiger partial charge in [0.05, 0.1) is 11.7 Å². The summed E-state index contributed by atoms with van der Waals surface area (Å²) in [5.74, 6) is 1.24. The first-order valence-electron chi connectivity index (χ1n) is 14.5. The molecule has 1 heterocycles. The normalized spacial score (nSPS) is 21.1. The number of ether oxygens (including phenoxy) is 2. The number of rotatable bonds is 14. The van der Waals surface area contributed by atoms with E-state index in [1.807, 2.05) is 36.2 Å². The quantitative estimate of drug-likeness (QED) is 0.300. The van der Waals surface area contributed by atoms with Crippen molar-refractivity contribution in [1.82, 2.24) is 15.5 Å². The minimum Gasteiger partial charge on any atom is -0.490 e. The van der Waals surface area contributed by atoms with Crippen molar-refractivity contribution in [2.24, 2.45) is 11.8 Å². The third kappa shape index (κ3) is 8.59. The van der Waals surface area contributed by atoms with E-state index in [0.717, 1.165) is 69.3 Å². The Morgan fingerprint density at radius 2 is 1.92 bits per heavy atom. The van der Waals surface area contributed by atoms with Crippen molar-refractivity contribution >= 4 is 6.03 Å². The van der Waals surface area contributed by atoms with Gasteiger partial charge in [0.25, 0.3) is 0 Å². The Kier molecular flexibility index (Phi) is 12.0. The van der Waals surface area contributed by atoms with Crippen molar-refractivity contribution in [2.75, 3.05) is 40.4 Å². The smallest absolute Gasteiger partial charge is 0.317 e. The van der Waals surface area contributed by atoms with Crippen molar-refractivity contribution in [3.63, 3.8) is 0 Å². The highest BCUT2D eigenvalue weighted by atomic mass is 16.5.